The van der Waals surface area contributed by atoms with Crippen LogP contribution in [-0.2, 0) is 19.9 Å². The van der Waals surface area contributed by atoms with Crippen molar-refractivity contribution in [3.8, 4) is 5.75 Å². The molecule has 1 unspecified atom stereocenters. The number of halogens is 1. The molecule has 0 heterocycles. The predicted octanol–water partition coefficient (Wildman–Crippen LogP) is 4.23. The van der Waals surface area contributed by atoms with Gasteiger partial charge in [0.15, 0.2) is 5.78 Å². The minimum Gasteiger partial charge on any atom is -0.491 e. The van der Waals surface area contributed by atoms with Crippen molar-refractivity contribution < 1.29 is 19.1 Å². The summed E-state index contributed by atoms with van der Waals surface area (Å²) in [6.45, 7) is 0.505. The first kappa shape index (κ1) is 21.3. The monoisotopic (exact) mass is 415 g/mol. The summed E-state index contributed by atoms with van der Waals surface area (Å²) in [5.74, 6) is 0.532. The van der Waals surface area contributed by atoms with E-state index in [1.54, 1.807) is 13.1 Å². The van der Waals surface area contributed by atoms with Gasteiger partial charge in [-0.1, -0.05) is 48.0 Å². The minimum absolute atomic E-state index is 0.0279. The van der Waals surface area contributed by atoms with Gasteiger partial charge in [0, 0.05) is 24.1 Å². The van der Waals surface area contributed by atoms with Crippen LogP contribution in [0.4, 0.5) is 0 Å². The maximum Gasteiger partial charge on any atom is 0.249 e. The summed E-state index contributed by atoms with van der Waals surface area (Å²) >= 11 is 6.43. The number of carbonyl (C=O) groups is 2. The zero-order valence-electron chi connectivity index (χ0n) is 16.6. The molecule has 3 rings (SSSR count). The number of para-hydroxylation sites is 1. The molecule has 2 aromatic carbocycles. The van der Waals surface area contributed by atoms with Crippen molar-refractivity contribution >= 4 is 23.3 Å². The number of likely N-dealkylation sites (N-methyl/N-ethyl adjacent to an activating group) is 1. The van der Waals surface area contributed by atoms with Gasteiger partial charge in [0.1, 0.15) is 24.5 Å². The van der Waals surface area contributed by atoms with Gasteiger partial charge in [0.05, 0.1) is 6.61 Å². The van der Waals surface area contributed by atoms with E-state index in [1.807, 2.05) is 48.5 Å². The Hall–Kier alpha value is -2.37. The van der Waals surface area contributed by atoms with Crippen molar-refractivity contribution in [3.05, 3.63) is 65.2 Å². The highest BCUT2D eigenvalue weighted by molar-refractivity contribution is 6.31. The number of hydrogen-bond donors (Lipinski definition) is 0. The number of Topliss-reactive ketones (excluding diaryl/α,β-unsaturated/α-hetero) is 1. The fraction of sp³-hybridized carbons (Fsp3) is 0.391. The van der Waals surface area contributed by atoms with Crippen LogP contribution in [0.3, 0.4) is 0 Å². The third kappa shape index (κ3) is 4.80. The number of benzene rings is 2. The first-order valence-electron chi connectivity index (χ1n) is 9.86. The third-order valence-electron chi connectivity index (χ3n) is 5.38. The number of amides is 1. The van der Waals surface area contributed by atoms with Crippen LogP contribution in [0.1, 0.15) is 31.2 Å². The minimum atomic E-state index is -1.03. The van der Waals surface area contributed by atoms with Gasteiger partial charge in [-0.3, -0.25) is 9.59 Å². The molecule has 5 nitrogen and oxygen atoms in total. The molecular weight excluding hydrogens is 390 g/mol. The van der Waals surface area contributed by atoms with Crippen LogP contribution in [0.2, 0.25) is 5.02 Å². The van der Waals surface area contributed by atoms with Crippen LogP contribution < -0.4 is 4.74 Å². The normalized spacial score (nSPS) is 19.0. The number of nitrogens with zero attached hydrogens (tertiary/aromatic N) is 1. The van der Waals surface area contributed by atoms with Gasteiger partial charge in [0.25, 0.3) is 0 Å². The van der Waals surface area contributed by atoms with Crippen molar-refractivity contribution in [2.75, 3.05) is 26.9 Å². The summed E-state index contributed by atoms with van der Waals surface area (Å²) in [5, 5.41) is 0.500. The van der Waals surface area contributed by atoms with E-state index in [0.717, 1.165) is 18.6 Å². The Bertz CT molecular complexity index is 842. The fourth-order valence-corrected chi connectivity index (χ4v) is 4.13. The molecule has 6 heteroatoms. The Balaban J connectivity index is 1.63. The van der Waals surface area contributed by atoms with Gasteiger partial charge in [-0.15, -0.1) is 0 Å². The summed E-state index contributed by atoms with van der Waals surface area (Å²) < 4.78 is 11.1. The molecule has 0 radical (unpaired) electrons. The molecule has 0 bridgehead atoms. The second kappa shape index (κ2) is 9.90. The Morgan fingerprint density at radius 1 is 1.07 bits per heavy atom. The molecule has 1 aliphatic carbocycles. The van der Waals surface area contributed by atoms with Gasteiger partial charge in [-0.25, -0.2) is 0 Å². The highest BCUT2D eigenvalue weighted by Gasteiger charge is 2.47. The lowest BCUT2D eigenvalue weighted by molar-refractivity contribution is -0.151. The van der Waals surface area contributed by atoms with Gasteiger partial charge < -0.3 is 14.4 Å². The number of ketones is 1. The molecule has 29 heavy (non-hydrogen) atoms. The van der Waals surface area contributed by atoms with Crippen LogP contribution >= 0.6 is 11.6 Å². The molecule has 1 amide bonds. The standard InChI is InChI=1S/C23H26ClNO4/c1-25(22(27)17-28-15-16-29-18-9-3-2-4-10-18)23(14-8-7-13-21(23)26)19-11-5-6-12-20(19)24/h2-6,9-12H,7-8,13-17H2,1H3. The highest BCUT2D eigenvalue weighted by atomic mass is 35.5. The van der Waals surface area contributed by atoms with E-state index in [-0.39, 0.29) is 24.9 Å². The molecule has 0 saturated heterocycles. The summed E-state index contributed by atoms with van der Waals surface area (Å²) in [6, 6.07) is 16.7. The van der Waals surface area contributed by atoms with E-state index in [0.29, 0.717) is 30.0 Å². The lowest BCUT2D eigenvalue weighted by Gasteiger charge is -2.44. The van der Waals surface area contributed by atoms with E-state index in [4.69, 9.17) is 21.1 Å². The third-order valence-corrected chi connectivity index (χ3v) is 5.71. The largest absolute Gasteiger partial charge is 0.491 e. The smallest absolute Gasteiger partial charge is 0.249 e. The maximum atomic E-state index is 13.0. The van der Waals surface area contributed by atoms with E-state index >= 15 is 0 Å². The molecule has 0 aromatic heterocycles. The lowest BCUT2D eigenvalue weighted by atomic mass is 9.74. The molecule has 1 aliphatic rings. The molecule has 0 spiro atoms. The second-order valence-electron chi connectivity index (χ2n) is 7.14. The van der Waals surface area contributed by atoms with Gasteiger partial charge in [-0.05, 0) is 37.5 Å². The molecule has 2 aromatic rings. The Labute approximate surface area is 176 Å². The molecule has 1 saturated carbocycles. The molecule has 154 valence electrons. The molecular formula is C23H26ClNO4. The Morgan fingerprint density at radius 2 is 1.79 bits per heavy atom. The molecule has 1 atom stereocenters. The average molecular weight is 416 g/mol. The number of carbonyl (C=O) groups excluding carboxylic acids is 2. The quantitative estimate of drug-likeness (QED) is 0.605. The predicted molar refractivity (Wildman–Crippen MR) is 112 cm³/mol. The fourth-order valence-electron chi connectivity index (χ4n) is 3.83. The van der Waals surface area contributed by atoms with Gasteiger partial charge in [0.2, 0.25) is 5.91 Å². The van der Waals surface area contributed by atoms with Crippen molar-refractivity contribution in [3.63, 3.8) is 0 Å². The molecule has 1 fully saturated rings. The van der Waals surface area contributed by atoms with Gasteiger partial charge in [-0.2, -0.15) is 0 Å². The van der Waals surface area contributed by atoms with Crippen LogP contribution in [0.15, 0.2) is 54.6 Å². The first-order chi connectivity index (χ1) is 14.1. The number of rotatable bonds is 8. The second-order valence-corrected chi connectivity index (χ2v) is 7.54. The Morgan fingerprint density at radius 3 is 2.52 bits per heavy atom. The first-order valence-corrected chi connectivity index (χ1v) is 10.2. The summed E-state index contributed by atoms with van der Waals surface area (Å²) in [6.07, 6.45) is 2.70. The zero-order valence-corrected chi connectivity index (χ0v) is 17.4. The lowest BCUT2D eigenvalue weighted by Crippen LogP contribution is -2.55. The van der Waals surface area contributed by atoms with E-state index in [1.165, 1.54) is 4.90 Å². The number of hydrogen-bond acceptors (Lipinski definition) is 4. The zero-order chi connectivity index (χ0) is 20.7. The Kier molecular flexibility index (Phi) is 7.29. The van der Waals surface area contributed by atoms with Crippen molar-refractivity contribution in [1.29, 1.82) is 0 Å². The van der Waals surface area contributed by atoms with E-state index in [2.05, 4.69) is 0 Å². The SMILES string of the molecule is CN(C(=O)COCCOc1ccccc1)C1(c2ccccc2Cl)CCCCC1=O. The average Bonchev–Trinajstić information content (AvgIpc) is 2.74. The molecule has 0 N–H and O–H groups in total. The summed E-state index contributed by atoms with van der Waals surface area (Å²) in [5.41, 5.74) is -0.341. The van der Waals surface area contributed by atoms with E-state index < -0.39 is 5.54 Å². The number of ether oxygens (including phenoxy) is 2. The highest BCUT2D eigenvalue weighted by Crippen LogP contribution is 2.42. The van der Waals surface area contributed by atoms with Crippen LogP contribution in [0.5, 0.6) is 5.75 Å². The van der Waals surface area contributed by atoms with Crippen molar-refractivity contribution in [1.82, 2.24) is 4.90 Å². The van der Waals surface area contributed by atoms with Crippen LogP contribution in [0, 0.1) is 0 Å². The van der Waals surface area contributed by atoms with Crippen LogP contribution in [-0.4, -0.2) is 43.5 Å². The topological polar surface area (TPSA) is 55.8 Å². The van der Waals surface area contributed by atoms with Crippen molar-refractivity contribution in [2.45, 2.75) is 31.2 Å². The molecule has 0 aliphatic heterocycles. The summed E-state index contributed by atoms with van der Waals surface area (Å²) in [7, 11) is 1.67. The van der Waals surface area contributed by atoms with Crippen molar-refractivity contribution in [2.24, 2.45) is 0 Å². The van der Waals surface area contributed by atoms with Gasteiger partial charge >= 0.3 is 0 Å². The summed E-state index contributed by atoms with van der Waals surface area (Å²) in [4.78, 5) is 27.4. The maximum absolute atomic E-state index is 13.0. The van der Waals surface area contributed by atoms with Crippen LogP contribution in [0.25, 0.3) is 0 Å². The van der Waals surface area contributed by atoms with E-state index in [9.17, 15) is 9.59 Å².